The summed E-state index contributed by atoms with van der Waals surface area (Å²) in [5, 5.41) is 11.8. The Kier molecular flexibility index (Phi) is 8.84. The lowest BCUT2D eigenvalue weighted by atomic mass is 10.1. The molecule has 0 atom stereocenters. The molecular weight excluding hydrogens is 498 g/mol. The summed E-state index contributed by atoms with van der Waals surface area (Å²) >= 11 is 6.11. The maximum absolute atomic E-state index is 12.8. The van der Waals surface area contributed by atoms with Gasteiger partial charge in [-0.3, -0.25) is 4.79 Å². The Morgan fingerprint density at radius 3 is 2.51 bits per heavy atom. The van der Waals surface area contributed by atoms with E-state index < -0.39 is 28.5 Å². The maximum Gasteiger partial charge on any atom is 0.349 e. The number of rotatable bonds is 8. The molecule has 2 aromatic rings. The number of nitrogens with one attached hydrogen (secondary N) is 1. The number of anilines is 1. The van der Waals surface area contributed by atoms with Crippen LogP contribution in [0.1, 0.15) is 5.56 Å². The summed E-state index contributed by atoms with van der Waals surface area (Å²) in [6, 6.07) is 12.3. The highest BCUT2D eigenvalue weighted by Crippen LogP contribution is 2.27. The maximum atomic E-state index is 12.8. The first-order valence-electron chi connectivity index (χ1n) is 10.3. The molecule has 0 unspecified atom stereocenters. The van der Waals surface area contributed by atoms with Gasteiger partial charge in [0.25, 0.3) is 5.91 Å². The molecule has 35 heavy (non-hydrogen) atoms. The number of methoxy groups -OCH3 is 1. The van der Waals surface area contributed by atoms with Crippen molar-refractivity contribution in [2.75, 3.05) is 45.3 Å². The van der Waals surface area contributed by atoms with E-state index in [9.17, 15) is 23.3 Å². The largest absolute Gasteiger partial charge is 0.497 e. The van der Waals surface area contributed by atoms with Crippen molar-refractivity contribution < 1.29 is 32.2 Å². The molecule has 10 nitrogen and oxygen atoms in total. The molecule has 0 aromatic heterocycles. The number of carbonyl (C=O) groups excluding carboxylic acids is 2. The molecule has 0 bridgehead atoms. The SMILES string of the molecule is COc1ccc(/C=C(\C#N)C(=O)OCC(=O)Nc2cc(S(=O)(=O)N3CCOCC3)ccc2Cl)cc1. The molecular formula is C23H22ClN3O7S. The average Bonchev–Trinajstić information content (AvgIpc) is 2.87. The normalized spacial score (nSPS) is 14.6. The second kappa shape index (κ2) is 11.8. The zero-order valence-corrected chi connectivity index (χ0v) is 20.3. The minimum absolute atomic E-state index is 0.0383. The third kappa shape index (κ3) is 6.80. The zero-order valence-electron chi connectivity index (χ0n) is 18.7. The fraction of sp³-hybridized carbons (Fsp3) is 0.261. The van der Waals surface area contributed by atoms with E-state index in [1.54, 1.807) is 30.3 Å². The third-order valence-electron chi connectivity index (χ3n) is 4.92. The summed E-state index contributed by atoms with van der Waals surface area (Å²) < 4.78 is 42.1. The number of hydrogen-bond donors (Lipinski definition) is 1. The Morgan fingerprint density at radius 2 is 1.89 bits per heavy atom. The number of ether oxygens (including phenoxy) is 3. The number of esters is 1. The molecule has 2 aromatic carbocycles. The number of amides is 1. The Morgan fingerprint density at radius 1 is 1.20 bits per heavy atom. The zero-order chi connectivity index (χ0) is 25.4. The van der Waals surface area contributed by atoms with Gasteiger partial charge in [-0.15, -0.1) is 0 Å². The van der Waals surface area contributed by atoms with E-state index >= 15 is 0 Å². The van der Waals surface area contributed by atoms with Crippen LogP contribution in [0.15, 0.2) is 52.9 Å². The smallest absolute Gasteiger partial charge is 0.349 e. The lowest BCUT2D eigenvalue weighted by molar-refractivity contribution is -0.142. The molecule has 0 saturated carbocycles. The number of nitriles is 1. The van der Waals surface area contributed by atoms with Crippen molar-refractivity contribution in [3.8, 4) is 11.8 Å². The first-order valence-corrected chi connectivity index (χ1v) is 12.2. The molecule has 1 heterocycles. The van der Waals surface area contributed by atoms with Gasteiger partial charge in [-0.1, -0.05) is 23.7 Å². The van der Waals surface area contributed by atoms with E-state index in [2.05, 4.69) is 5.32 Å². The van der Waals surface area contributed by atoms with Crippen LogP contribution >= 0.6 is 11.6 Å². The lowest BCUT2D eigenvalue weighted by Crippen LogP contribution is -2.40. The molecule has 184 valence electrons. The van der Waals surface area contributed by atoms with Crippen LogP contribution in [-0.2, 0) is 29.1 Å². The highest BCUT2D eigenvalue weighted by molar-refractivity contribution is 7.89. The molecule has 0 spiro atoms. The summed E-state index contributed by atoms with van der Waals surface area (Å²) in [5.74, 6) is -1.14. The summed E-state index contributed by atoms with van der Waals surface area (Å²) in [7, 11) is -2.29. The van der Waals surface area contributed by atoms with Crippen LogP contribution in [-0.4, -0.2) is 64.6 Å². The minimum Gasteiger partial charge on any atom is -0.497 e. The molecule has 1 aliphatic rings. The molecule has 12 heteroatoms. The summed E-state index contributed by atoms with van der Waals surface area (Å²) in [4.78, 5) is 24.5. The Bertz CT molecular complexity index is 1270. The first kappa shape index (κ1) is 26.2. The monoisotopic (exact) mass is 519 g/mol. The van der Waals surface area contributed by atoms with Gasteiger partial charge in [0.15, 0.2) is 6.61 Å². The highest BCUT2D eigenvalue weighted by Gasteiger charge is 2.27. The van der Waals surface area contributed by atoms with Gasteiger partial charge in [0.2, 0.25) is 10.0 Å². The van der Waals surface area contributed by atoms with Crippen molar-refractivity contribution in [3.05, 3.63) is 58.6 Å². The standard InChI is InChI=1S/C23H22ClN3O7S/c1-32-18-4-2-16(3-5-18)12-17(14-25)23(29)34-15-22(28)26-21-13-19(6-7-20(21)24)35(30,31)27-8-10-33-11-9-27/h2-7,12-13H,8-11,15H2,1H3,(H,26,28)/b17-12+. The molecule has 1 fully saturated rings. The number of nitrogens with zero attached hydrogens (tertiary/aromatic N) is 2. The quantitative estimate of drug-likeness (QED) is 0.319. The first-order chi connectivity index (χ1) is 16.7. The van der Waals surface area contributed by atoms with E-state index in [0.717, 1.165) is 0 Å². The van der Waals surface area contributed by atoms with Crippen LogP contribution in [0, 0.1) is 11.3 Å². The van der Waals surface area contributed by atoms with E-state index in [-0.39, 0.29) is 34.3 Å². The van der Waals surface area contributed by atoms with E-state index in [0.29, 0.717) is 24.5 Å². The lowest BCUT2D eigenvalue weighted by Gasteiger charge is -2.26. The Balaban J connectivity index is 1.64. The number of halogens is 1. The van der Waals surface area contributed by atoms with Gasteiger partial charge >= 0.3 is 5.97 Å². The van der Waals surface area contributed by atoms with Crippen molar-refractivity contribution in [3.63, 3.8) is 0 Å². The topological polar surface area (TPSA) is 135 Å². The number of carbonyl (C=O) groups is 2. The van der Waals surface area contributed by atoms with Crippen LogP contribution in [0.25, 0.3) is 6.08 Å². The van der Waals surface area contributed by atoms with Crippen molar-refractivity contribution in [2.45, 2.75) is 4.90 Å². The van der Waals surface area contributed by atoms with Gasteiger partial charge in [-0.05, 0) is 42.0 Å². The minimum atomic E-state index is -3.81. The summed E-state index contributed by atoms with van der Waals surface area (Å²) in [6.07, 6.45) is 1.32. The van der Waals surface area contributed by atoms with E-state index in [4.69, 9.17) is 25.8 Å². The third-order valence-corrected chi connectivity index (χ3v) is 7.15. The molecule has 1 N–H and O–H groups in total. The van der Waals surface area contributed by atoms with Crippen LogP contribution in [0.3, 0.4) is 0 Å². The molecule has 1 aliphatic heterocycles. The van der Waals surface area contributed by atoms with Gasteiger partial charge < -0.3 is 19.5 Å². The van der Waals surface area contributed by atoms with Gasteiger partial charge in [-0.25, -0.2) is 13.2 Å². The van der Waals surface area contributed by atoms with Crippen molar-refractivity contribution in [1.29, 1.82) is 5.26 Å². The molecule has 0 radical (unpaired) electrons. The van der Waals surface area contributed by atoms with Crippen molar-refractivity contribution in [2.24, 2.45) is 0 Å². The van der Waals surface area contributed by atoms with Crippen LogP contribution in [0.2, 0.25) is 5.02 Å². The fourth-order valence-electron chi connectivity index (χ4n) is 3.10. The number of sulfonamides is 1. The van der Waals surface area contributed by atoms with Gasteiger partial charge in [-0.2, -0.15) is 9.57 Å². The number of benzene rings is 2. The molecule has 1 saturated heterocycles. The average molecular weight is 520 g/mol. The van der Waals surface area contributed by atoms with E-state index in [1.165, 1.54) is 35.7 Å². The Labute approximate surface area is 207 Å². The van der Waals surface area contributed by atoms with Crippen molar-refractivity contribution in [1.82, 2.24) is 4.31 Å². The van der Waals surface area contributed by atoms with Crippen LogP contribution in [0.5, 0.6) is 5.75 Å². The predicted molar refractivity (Wildman–Crippen MR) is 127 cm³/mol. The number of hydrogen-bond acceptors (Lipinski definition) is 8. The van der Waals surface area contributed by atoms with Gasteiger partial charge in [0.05, 0.1) is 35.9 Å². The van der Waals surface area contributed by atoms with Crippen molar-refractivity contribution >= 4 is 45.3 Å². The fourth-order valence-corrected chi connectivity index (χ4v) is 4.69. The predicted octanol–water partition coefficient (Wildman–Crippen LogP) is 2.46. The second-order valence-corrected chi connectivity index (χ2v) is 9.57. The summed E-state index contributed by atoms with van der Waals surface area (Å²) in [5.41, 5.74) is 0.296. The molecule has 0 aliphatic carbocycles. The molecule has 1 amide bonds. The van der Waals surface area contributed by atoms with Crippen LogP contribution < -0.4 is 10.1 Å². The number of morpholine rings is 1. The Hall–Kier alpha value is -3.43. The van der Waals surface area contributed by atoms with Gasteiger partial charge in [0, 0.05) is 13.1 Å². The second-order valence-electron chi connectivity index (χ2n) is 7.23. The summed E-state index contributed by atoms with van der Waals surface area (Å²) in [6.45, 7) is 0.303. The highest BCUT2D eigenvalue weighted by atomic mass is 35.5. The van der Waals surface area contributed by atoms with Gasteiger partial charge in [0.1, 0.15) is 17.4 Å². The van der Waals surface area contributed by atoms with E-state index in [1.807, 2.05) is 0 Å². The van der Waals surface area contributed by atoms with Crippen LogP contribution in [0.4, 0.5) is 5.69 Å². The molecule has 3 rings (SSSR count).